The van der Waals surface area contributed by atoms with Crippen LogP contribution in [-0.4, -0.2) is 27.6 Å². The second-order valence-electron chi connectivity index (χ2n) is 4.94. The van der Waals surface area contributed by atoms with Crippen molar-refractivity contribution in [2.45, 2.75) is 25.8 Å². The molecule has 2 aromatic heterocycles. The summed E-state index contributed by atoms with van der Waals surface area (Å²) in [6.07, 6.45) is 3.36. The van der Waals surface area contributed by atoms with E-state index >= 15 is 0 Å². The Balaban J connectivity index is 2.32. The van der Waals surface area contributed by atoms with Crippen LogP contribution in [0.15, 0.2) is 21.9 Å². The summed E-state index contributed by atoms with van der Waals surface area (Å²) < 4.78 is 1.57. The molecule has 0 aliphatic carbocycles. The molecule has 2 N–H and O–H groups in total. The highest BCUT2D eigenvalue weighted by molar-refractivity contribution is 5.73. The van der Waals surface area contributed by atoms with Gasteiger partial charge < -0.3 is 10.3 Å². The van der Waals surface area contributed by atoms with Crippen LogP contribution >= 0.6 is 0 Å². The molecule has 1 aliphatic heterocycles. The second kappa shape index (κ2) is 4.62. The lowest BCUT2D eigenvalue weighted by atomic mass is 10.1. The highest BCUT2D eigenvalue weighted by Gasteiger charge is 2.20. The molecule has 19 heavy (non-hydrogen) atoms. The predicted molar refractivity (Wildman–Crippen MR) is 72.5 cm³/mol. The van der Waals surface area contributed by atoms with Gasteiger partial charge in [-0.05, 0) is 44.5 Å². The maximum atomic E-state index is 12.2. The van der Waals surface area contributed by atoms with Gasteiger partial charge >= 0.3 is 11.1 Å². The van der Waals surface area contributed by atoms with Gasteiger partial charge in [-0.3, -0.25) is 14.2 Å². The Morgan fingerprint density at radius 1 is 1.32 bits per heavy atom. The average Bonchev–Trinajstić information content (AvgIpc) is 2.42. The number of aryl methyl sites for hydroxylation is 1. The number of rotatable bonds is 1. The molecule has 1 saturated heterocycles. The molecular formula is C13H16N4O2. The van der Waals surface area contributed by atoms with Gasteiger partial charge in [-0.25, -0.2) is 4.98 Å². The summed E-state index contributed by atoms with van der Waals surface area (Å²) in [5.74, 6) is 0. The van der Waals surface area contributed by atoms with Crippen molar-refractivity contribution < 1.29 is 0 Å². The average molecular weight is 260 g/mol. The number of pyridine rings is 1. The van der Waals surface area contributed by atoms with Gasteiger partial charge in [0.05, 0.1) is 5.52 Å². The first kappa shape index (κ1) is 12.1. The summed E-state index contributed by atoms with van der Waals surface area (Å²) in [4.78, 5) is 30.9. The van der Waals surface area contributed by atoms with E-state index in [1.54, 1.807) is 10.8 Å². The van der Waals surface area contributed by atoms with Gasteiger partial charge in [0.15, 0.2) is 5.65 Å². The lowest BCUT2D eigenvalue weighted by molar-refractivity contribution is 0.366. The Labute approximate surface area is 109 Å². The summed E-state index contributed by atoms with van der Waals surface area (Å²) in [5, 5.41) is 3.26. The summed E-state index contributed by atoms with van der Waals surface area (Å²) in [6, 6.07) is 1.88. The third kappa shape index (κ3) is 1.98. The van der Waals surface area contributed by atoms with Gasteiger partial charge in [-0.2, -0.15) is 0 Å². The number of piperidine rings is 1. The molecule has 100 valence electrons. The lowest BCUT2D eigenvalue weighted by Crippen LogP contribution is -2.41. The third-order valence-electron chi connectivity index (χ3n) is 3.69. The zero-order valence-electron chi connectivity index (χ0n) is 10.8. The maximum absolute atomic E-state index is 12.2. The van der Waals surface area contributed by atoms with E-state index in [1.807, 2.05) is 13.0 Å². The fourth-order valence-electron chi connectivity index (χ4n) is 2.66. The number of hydrogen-bond donors (Lipinski definition) is 2. The SMILES string of the molecule is Cc1ccnc2c1[nH]c(=O)c(=O)n2C1CCNCC1. The van der Waals surface area contributed by atoms with E-state index in [1.165, 1.54) is 0 Å². The molecule has 0 radical (unpaired) electrons. The minimum atomic E-state index is -0.567. The molecule has 0 bridgehead atoms. The molecule has 6 heteroatoms. The Bertz CT molecular complexity index is 725. The van der Waals surface area contributed by atoms with Gasteiger partial charge in [0.1, 0.15) is 0 Å². The van der Waals surface area contributed by atoms with Crippen LogP contribution in [0.3, 0.4) is 0 Å². The predicted octanol–water partition coefficient (Wildman–Crippen LogP) is 0.318. The van der Waals surface area contributed by atoms with Crippen molar-refractivity contribution in [1.29, 1.82) is 0 Å². The van der Waals surface area contributed by atoms with Crippen LogP contribution in [0.5, 0.6) is 0 Å². The van der Waals surface area contributed by atoms with Crippen LogP contribution in [0.25, 0.3) is 11.2 Å². The first-order valence-electron chi connectivity index (χ1n) is 6.49. The maximum Gasteiger partial charge on any atom is 0.318 e. The fourth-order valence-corrected chi connectivity index (χ4v) is 2.66. The fraction of sp³-hybridized carbons (Fsp3) is 0.462. The van der Waals surface area contributed by atoms with Crippen molar-refractivity contribution in [2.24, 2.45) is 0 Å². The van der Waals surface area contributed by atoms with Crippen LogP contribution in [0, 0.1) is 6.92 Å². The van der Waals surface area contributed by atoms with E-state index in [9.17, 15) is 9.59 Å². The Morgan fingerprint density at radius 3 is 2.79 bits per heavy atom. The minimum Gasteiger partial charge on any atom is -0.317 e. The molecule has 0 spiro atoms. The molecule has 2 aromatic rings. The van der Waals surface area contributed by atoms with Crippen molar-refractivity contribution in [3.05, 3.63) is 38.5 Å². The molecule has 0 unspecified atom stereocenters. The number of fused-ring (bicyclic) bond motifs is 1. The van der Waals surface area contributed by atoms with Crippen LogP contribution in [-0.2, 0) is 0 Å². The van der Waals surface area contributed by atoms with E-state index in [2.05, 4.69) is 15.3 Å². The highest BCUT2D eigenvalue weighted by Crippen LogP contribution is 2.20. The number of H-pyrrole nitrogens is 1. The van der Waals surface area contributed by atoms with E-state index in [-0.39, 0.29) is 6.04 Å². The quantitative estimate of drug-likeness (QED) is 0.724. The molecule has 3 rings (SSSR count). The monoisotopic (exact) mass is 260 g/mol. The number of nitrogens with zero attached hydrogens (tertiary/aromatic N) is 2. The van der Waals surface area contributed by atoms with Crippen LogP contribution < -0.4 is 16.4 Å². The Hall–Kier alpha value is -1.95. The van der Waals surface area contributed by atoms with E-state index in [0.29, 0.717) is 11.2 Å². The molecule has 0 saturated carbocycles. The molecule has 1 aliphatic rings. The largest absolute Gasteiger partial charge is 0.318 e. The van der Waals surface area contributed by atoms with E-state index in [4.69, 9.17) is 0 Å². The van der Waals surface area contributed by atoms with Crippen molar-refractivity contribution in [3.63, 3.8) is 0 Å². The minimum absolute atomic E-state index is 0.0489. The first-order chi connectivity index (χ1) is 9.18. The molecule has 0 amide bonds. The van der Waals surface area contributed by atoms with Crippen molar-refractivity contribution in [1.82, 2.24) is 19.9 Å². The van der Waals surface area contributed by atoms with Gasteiger partial charge in [-0.15, -0.1) is 0 Å². The van der Waals surface area contributed by atoms with E-state index in [0.717, 1.165) is 31.5 Å². The molecular weight excluding hydrogens is 244 g/mol. The standard InChI is InChI=1S/C13H16N4O2/c1-8-2-7-15-11-10(8)16-12(18)13(19)17(11)9-3-5-14-6-4-9/h2,7,9,14H,3-6H2,1H3,(H,16,18). The van der Waals surface area contributed by atoms with Crippen molar-refractivity contribution >= 4 is 11.2 Å². The van der Waals surface area contributed by atoms with Crippen LogP contribution in [0.4, 0.5) is 0 Å². The van der Waals surface area contributed by atoms with E-state index < -0.39 is 11.1 Å². The normalized spacial score (nSPS) is 16.9. The Morgan fingerprint density at radius 2 is 2.05 bits per heavy atom. The van der Waals surface area contributed by atoms with Crippen molar-refractivity contribution in [3.8, 4) is 0 Å². The molecule has 1 fully saturated rings. The van der Waals surface area contributed by atoms with Gasteiger partial charge in [0.25, 0.3) is 0 Å². The number of aromatic amines is 1. The molecule has 0 atom stereocenters. The van der Waals surface area contributed by atoms with Gasteiger partial charge in [-0.1, -0.05) is 0 Å². The lowest BCUT2D eigenvalue weighted by Gasteiger charge is -2.25. The van der Waals surface area contributed by atoms with Crippen LogP contribution in [0.2, 0.25) is 0 Å². The number of aromatic nitrogens is 3. The van der Waals surface area contributed by atoms with Crippen LogP contribution in [0.1, 0.15) is 24.4 Å². The molecule has 0 aromatic carbocycles. The zero-order valence-corrected chi connectivity index (χ0v) is 10.8. The van der Waals surface area contributed by atoms with Crippen molar-refractivity contribution in [2.75, 3.05) is 13.1 Å². The zero-order chi connectivity index (χ0) is 13.4. The molecule has 6 nitrogen and oxygen atoms in total. The van der Waals surface area contributed by atoms with Gasteiger partial charge in [0, 0.05) is 12.2 Å². The second-order valence-corrected chi connectivity index (χ2v) is 4.94. The molecule has 3 heterocycles. The third-order valence-corrected chi connectivity index (χ3v) is 3.69. The van der Waals surface area contributed by atoms with Gasteiger partial charge in [0.2, 0.25) is 0 Å². The first-order valence-corrected chi connectivity index (χ1v) is 6.49. The topological polar surface area (TPSA) is 79.8 Å². The summed E-state index contributed by atoms with van der Waals surface area (Å²) in [7, 11) is 0. The summed E-state index contributed by atoms with van der Waals surface area (Å²) in [5.41, 5.74) is 1.09. The Kier molecular flexibility index (Phi) is 2.94. The highest BCUT2D eigenvalue weighted by atomic mass is 16.2. The number of hydrogen-bond acceptors (Lipinski definition) is 4. The number of nitrogens with one attached hydrogen (secondary N) is 2. The summed E-state index contributed by atoms with van der Waals surface area (Å²) >= 11 is 0. The smallest absolute Gasteiger partial charge is 0.317 e. The summed E-state index contributed by atoms with van der Waals surface area (Å²) in [6.45, 7) is 3.62.